The fourth-order valence-electron chi connectivity index (χ4n) is 3.31. The van der Waals surface area contributed by atoms with E-state index in [1.54, 1.807) is 32.4 Å². The van der Waals surface area contributed by atoms with Crippen LogP contribution in [0.3, 0.4) is 0 Å². The summed E-state index contributed by atoms with van der Waals surface area (Å²) in [4.78, 5) is 32.5. The lowest BCUT2D eigenvalue weighted by Crippen LogP contribution is -2.31. The molecule has 2 aromatic carbocycles. The van der Waals surface area contributed by atoms with Crippen molar-refractivity contribution in [1.29, 1.82) is 0 Å². The number of thioether (sulfide) groups is 1. The largest absolute Gasteiger partial charge is 0.493 e. The molecule has 2 heterocycles. The molecule has 1 aromatic heterocycles. The van der Waals surface area contributed by atoms with Gasteiger partial charge < -0.3 is 14.8 Å². The standard InChI is InChI=1S/C24H23N5O4S/c1-32-20-9-6-17(14-21(20)33-2)19-15-34-24(31)29(28-19)13-10-16-4-7-18(8-5-16)27-23(30)22-25-11-3-12-26-22/h3-9,11-12,14H,10,13,15H2,1-2H3,(H,27,30). The topological polar surface area (TPSA) is 106 Å². The summed E-state index contributed by atoms with van der Waals surface area (Å²) in [5.41, 5.74) is 3.33. The van der Waals surface area contributed by atoms with E-state index in [-0.39, 0.29) is 17.0 Å². The Hall–Kier alpha value is -3.92. The number of aromatic nitrogens is 2. The summed E-state index contributed by atoms with van der Waals surface area (Å²) in [6.07, 6.45) is 3.65. The number of benzene rings is 2. The van der Waals surface area contributed by atoms with E-state index in [1.807, 2.05) is 30.3 Å². The van der Waals surface area contributed by atoms with Crippen LogP contribution in [0.15, 0.2) is 66.0 Å². The van der Waals surface area contributed by atoms with Crippen LogP contribution in [-0.2, 0) is 6.42 Å². The maximum atomic E-state index is 12.4. The van der Waals surface area contributed by atoms with Gasteiger partial charge in [0.2, 0.25) is 5.82 Å². The first-order valence-electron chi connectivity index (χ1n) is 10.5. The molecule has 0 atom stereocenters. The van der Waals surface area contributed by atoms with E-state index >= 15 is 0 Å². The number of hydrogen-bond donors (Lipinski definition) is 1. The molecular weight excluding hydrogens is 454 g/mol. The van der Waals surface area contributed by atoms with Crippen LogP contribution in [0.25, 0.3) is 0 Å². The number of anilines is 1. The molecule has 3 aromatic rings. The minimum absolute atomic E-state index is 0.0871. The normalized spacial score (nSPS) is 13.3. The van der Waals surface area contributed by atoms with Gasteiger partial charge in [0.15, 0.2) is 11.5 Å². The zero-order valence-corrected chi connectivity index (χ0v) is 19.5. The second kappa shape index (κ2) is 10.8. The summed E-state index contributed by atoms with van der Waals surface area (Å²) in [5, 5.41) is 8.75. The van der Waals surface area contributed by atoms with Crippen LogP contribution in [0.2, 0.25) is 0 Å². The average Bonchev–Trinajstić information content (AvgIpc) is 2.89. The Balaban J connectivity index is 1.39. The number of carbonyl (C=O) groups excluding carboxylic acids is 2. The zero-order valence-electron chi connectivity index (χ0n) is 18.7. The molecule has 0 saturated heterocycles. The molecule has 0 radical (unpaired) electrons. The summed E-state index contributed by atoms with van der Waals surface area (Å²) in [5.74, 6) is 1.48. The van der Waals surface area contributed by atoms with Crippen LogP contribution < -0.4 is 14.8 Å². The van der Waals surface area contributed by atoms with Gasteiger partial charge in [0, 0.05) is 35.9 Å². The Morgan fingerprint density at radius 3 is 2.50 bits per heavy atom. The van der Waals surface area contributed by atoms with Gasteiger partial charge >= 0.3 is 5.24 Å². The second-order valence-corrected chi connectivity index (χ2v) is 8.19. The highest BCUT2D eigenvalue weighted by molar-refractivity contribution is 8.14. The summed E-state index contributed by atoms with van der Waals surface area (Å²) >= 11 is 1.22. The van der Waals surface area contributed by atoms with E-state index in [0.29, 0.717) is 35.9 Å². The SMILES string of the molecule is COc1ccc(C2=NN(CCc3ccc(NC(=O)c4ncccn4)cc3)C(=O)SC2)cc1OC. The van der Waals surface area contributed by atoms with Crippen molar-refractivity contribution in [2.75, 3.05) is 31.8 Å². The van der Waals surface area contributed by atoms with Crippen molar-refractivity contribution in [3.8, 4) is 11.5 Å². The van der Waals surface area contributed by atoms with E-state index < -0.39 is 0 Å². The van der Waals surface area contributed by atoms with Gasteiger partial charge in [-0.15, -0.1) is 0 Å². The summed E-state index contributed by atoms with van der Waals surface area (Å²) < 4.78 is 10.7. The number of methoxy groups -OCH3 is 2. The first kappa shape index (κ1) is 23.2. The summed E-state index contributed by atoms with van der Waals surface area (Å²) in [6, 6.07) is 14.7. The smallest absolute Gasteiger partial charge is 0.302 e. The monoisotopic (exact) mass is 477 g/mol. The van der Waals surface area contributed by atoms with E-state index in [4.69, 9.17) is 9.47 Å². The molecule has 2 amide bonds. The molecule has 1 aliphatic rings. The van der Waals surface area contributed by atoms with Gasteiger partial charge in [-0.2, -0.15) is 5.10 Å². The summed E-state index contributed by atoms with van der Waals surface area (Å²) in [6.45, 7) is 0.437. The lowest BCUT2D eigenvalue weighted by molar-refractivity contribution is 0.101. The highest BCUT2D eigenvalue weighted by atomic mass is 32.2. The molecule has 0 aliphatic carbocycles. The minimum Gasteiger partial charge on any atom is -0.493 e. The maximum absolute atomic E-state index is 12.4. The van der Waals surface area contributed by atoms with Crippen molar-refractivity contribution in [2.24, 2.45) is 5.10 Å². The van der Waals surface area contributed by atoms with Crippen LogP contribution >= 0.6 is 11.8 Å². The molecule has 10 heteroatoms. The predicted molar refractivity (Wildman–Crippen MR) is 131 cm³/mol. The van der Waals surface area contributed by atoms with Crippen molar-refractivity contribution in [2.45, 2.75) is 6.42 Å². The van der Waals surface area contributed by atoms with E-state index in [9.17, 15) is 9.59 Å². The molecule has 34 heavy (non-hydrogen) atoms. The van der Waals surface area contributed by atoms with Crippen LogP contribution in [-0.4, -0.2) is 58.4 Å². The summed E-state index contributed by atoms with van der Waals surface area (Å²) in [7, 11) is 3.17. The van der Waals surface area contributed by atoms with Crippen LogP contribution in [0.4, 0.5) is 10.5 Å². The number of hydrogen-bond acceptors (Lipinski definition) is 8. The molecular formula is C24H23N5O4S. The van der Waals surface area contributed by atoms with Crippen LogP contribution in [0, 0.1) is 0 Å². The number of amides is 2. The van der Waals surface area contributed by atoms with Gasteiger partial charge in [-0.05, 0) is 48.4 Å². The van der Waals surface area contributed by atoms with Gasteiger partial charge in [-0.3, -0.25) is 9.59 Å². The fourth-order valence-corrected chi connectivity index (χ4v) is 4.08. The number of ether oxygens (including phenoxy) is 2. The predicted octanol–water partition coefficient (Wildman–Crippen LogP) is 3.86. The van der Waals surface area contributed by atoms with Gasteiger partial charge in [0.25, 0.3) is 5.91 Å². The number of nitrogens with one attached hydrogen (secondary N) is 1. The first-order chi connectivity index (χ1) is 16.6. The second-order valence-electron chi connectivity index (χ2n) is 7.27. The van der Waals surface area contributed by atoms with Gasteiger partial charge in [0.05, 0.1) is 19.9 Å². The third-order valence-electron chi connectivity index (χ3n) is 5.09. The molecule has 9 nitrogen and oxygen atoms in total. The number of hydrazone groups is 1. The van der Waals surface area contributed by atoms with Crippen molar-refractivity contribution in [1.82, 2.24) is 15.0 Å². The molecule has 0 spiro atoms. The molecule has 0 saturated carbocycles. The Morgan fingerprint density at radius 1 is 1.06 bits per heavy atom. The van der Waals surface area contributed by atoms with Gasteiger partial charge in [0.1, 0.15) is 0 Å². The first-order valence-corrected chi connectivity index (χ1v) is 11.5. The molecule has 1 N–H and O–H groups in total. The van der Waals surface area contributed by atoms with Crippen molar-refractivity contribution in [3.63, 3.8) is 0 Å². The third kappa shape index (κ3) is 5.52. The molecule has 4 rings (SSSR count). The highest BCUT2D eigenvalue weighted by Gasteiger charge is 2.22. The quantitative estimate of drug-likeness (QED) is 0.525. The molecule has 1 aliphatic heterocycles. The molecule has 0 unspecified atom stereocenters. The maximum Gasteiger partial charge on any atom is 0.302 e. The number of nitrogens with zero attached hydrogens (tertiary/aromatic N) is 4. The van der Waals surface area contributed by atoms with Crippen molar-refractivity contribution in [3.05, 3.63) is 77.9 Å². The number of carbonyl (C=O) groups is 2. The Labute approximate surface area is 201 Å². The lowest BCUT2D eigenvalue weighted by Gasteiger charge is -2.23. The van der Waals surface area contributed by atoms with Crippen LogP contribution in [0.1, 0.15) is 21.7 Å². The third-order valence-corrected chi connectivity index (χ3v) is 5.97. The number of rotatable bonds is 8. The molecule has 174 valence electrons. The average molecular weight is 478 g/mol. The molecule has 0 bridgehead atoms. The zero-order chi connectivity index (χ0) is 23.9. The Bertz CT molecular complexity index is 1200. The Morgan fingerprint density at radius 2 is 1.79 bits per heavy atom. The van der Waals surface area contributed by atoms with Crippen molar-refractivity contribution < 1.29 is 19.1 Å². The van der Waals surface area contributed by atoms with E-state index in [1.165, 1.54) is 29.2 Å². The molecule has 0 fully saturated rings. The van der Waals surface area contributed by atoms with E-state index in [2.05, 4.69) is 20.4 Å². The highest BCUT2D eigenvalue weighted by Crippen LogP contribution is 2.29. The van der Waals surface area contributed by atoms with Crippen LogP contribution in [0.5, 0.6) is 11.5 Å². The minimum atomic E-state index is -0.374. The van der Waals surface area contributed by atoms with Gasteiger partial charge in [-0.25, -0.2) is 15.0 Å². The lowest BCUT2D eigenvalue weighted by atomic mass is 10.1. The van der Waals surface area contributed by atoms with Crippen molar-refractivity contribution >= 4 is 34.3 Å². The fraction of sp³-hybridized carbons (Fsp3) is 0.208. The van der Waals surface area contributed by atoms with Gasteiger partial charge in [-0.1, -0.05) is 23.9 Å². The van der Waals surface area contributed by atoms with E-state index in [0.717, 1.165) is 16.8 Å². The Kier molecular flexibility index (Phi) is 7.38.